The first-order chi connectivity index (χ1) is 11.8. The van der Waals surface area contributed by atoms with E-state index in [1.54, 1.807) is 13.1 Å². The molecule has 0 saturated carbocycles. The lowest BCUT2D eigenvalue weighted by molar-refractivity contribution is 0.488. The van der Waals surface area contributed by atoms with Crippen molar-refractivity contribution in [1.82, 2.24) is 23.1 Å². The molecule has 0 atom stereocenters. The summed E-state index contributed by atoms with van der Waals surface area (Å²) in [5, 5.41) is 0. The van der Waals surface area contributed by atoms with E-state index in [1.807, 2.05) is 22.8 Å². The Morgan fingerprint density at radius 1 is 1.16 bits per heavy atom. The number of hydrogen-bond acceptors (Lipinski definition) is 3. The van der Waals surface area contributed by atoms with Crippen LogP contribution < -0.4 is 11.2 Å². The molecule has 0 fully saturated rings. The molecule has 3 heterocycles. The van der Waals surface area contributed by atoms with Crippen LogP contribution in [0.2, 0.25) is 0 Å². The summed E-state index contributed by atoms with van der Waals surface area (Å²) < 4.78 is 6.67. The second-order valence-electron chi connectivity index (χ2n) is 6.97. The van der Waals surface area contributed by atoms with Gasteiger partial charge in [0.1, 0.15) is 0 Å². The van der Waals surface area contributed by atoms with E-state index in [1.165, 1.54) is 9.13 Å². The first kappa shape index (κ1) is 17.3. The van der Waals surface area contributed by atoms with Crippen molar-refractivity contribution in [3.8, 4) is 0 Å². The minimum Gasteiger partial charge on any atom is -0.310 e. The maximum atomic E-state index is 13.1. The summed E-state index contributed by atoms with van der Waals surface area (Å²) in [5.74, 6) is 1.08. The minimum atomic E-state index is -0.316. The average Bonchev–Trinajstić information content (AvgIpc) is 3.05. The molecular weight excluding hydrogens is 318 g/mol. The largest absolute Gasteiger partial charge is 0.332 e. The van der Waals surface area contributed by atoms with Crippen molar-refractivity contribution in [3.63, 3.8) is 0 Å². The summed E-state index contributed by atoms with van der Waals surface area (Å²) >= 11 is 0. The number of allylic oxidation sites excluding steroid dienone is 1. The van der Waals surface area contributed by atoms with E-state index in [9.17, 15) is 9.59 Å². The maximum absolute atomic E-state index is 13.1. The number of imidazole rings is 2. The van der Waals surface area contributed by atoms with Gasteiger partial charge in [0.25, 0.3) is 5.56 Å². The van der Waals surface area contributed by atoms with Gasteiger partial charge in [-0.25, -0.2) is 4.79 Å². The van der Waals surface area contributed by atoms with E-state index in [0.717, 1.165) is 17.8 Å². The highest BCUT2D eigenvalue weighted by molar-refractivity contribution is 5.76. The van der Waals surface area contributed by atoms with Crippen molar-refractivity contribution < 1.29 is 0 Å². The number of rotatable bonds is 5. The van der Waals surface area contributed by atoms with Gasteiger partial charge in [-0.2, -0.15) is 4.98 Å². The topological polar surface area (TPSA) is 66.2 Å². The van der Waals surface area contributed by atoms with Crippen molar-refractivity contribution in [2.45, 2.75) is 47.2 Å². The van der Waals surface area contributed by atoms with Crippen LogP contribution in [0.4, 0.5) is 0 Å². The molecular formula is C18H25N5O2. The van der Waals surface area contributed by atoms with Gasteiger partial charge in [0, 0.05) is 31.5 Å². The Hall–Kier alpha value is -2.57. The number of hydrogen-bond donors (Lipinski definition) is 0. The Balaban J connectivity index is 2.43. The van der Waals surface area contributed by atoms with Crippen LogP contribution in [-0.2, 0) is 20.1 Å². The lowest BCUT2D eigenvalue weighted by Gasteiger charge is -2.09. The molecule has 3 aromatic heterocycles. The Labute approximate surface area is 145 Å². The zero-order chi connectivity index (χ0) is 18.5. The number of aromatic nitrogens is 5. The van der Waals surface area contributed by atoms with Crippen molar-refractivity contribution in [1.29, 1.82) is 0 Å². The van der Waals surface area contributed by atoms with Crippen LogP contribution in [0.3, 0.4) is 0 Å². The third-order valence-corrected chi connectivity index (χ3v) is 4.87. The van der Waals surface area contributed by atoms with Crippen molar-refractivity contribution in [3.05, 3.63) is 44.9 Å². The van der Waals surface area contributed by atoms with Gasteiger partial charge < -0.3 is 4.57 Å². The Morgan fingerprint density at radius 3 is 2.44 bits per heavy atom. The molecule has 3 rings (SSSR count). The van der Waals surface area contributed by atoms with E-state index in [4.69, 9.17) is 0 Å². The monoisotopic (exact) mass is 343 g/mol. The standard InChI is InChI=1S/C18H25N5O2/c1-7-9-21-12(4)13(5)23-14-15(19-17(21)23)20(6)18(25)22(16(14)24)10-8-11(2)3/h7,11H,1,8-10H2,2-6H3. The fourth-order valence-corrected chi connectivity index (χ4v) is 3.25. The summed E-state index contributed by atoms with van der Waals surface area (Å²) in [4.78, 5) is 30.3. The molecule has 0 aliphatic heterocycles. The lowest BCUT2D eigenvalue weighted by Crippen LogP contribution is -2.39. The average molecular weight is 343 g/mol. The Morgan fingerprint density at radius 2 is 1.84 bits per heavy atom. The zero-order valence-corrected chi connectivity index (χ0v) is 15.5. The van der Waals surface area contributed by atoms with Gasteiger partial charge >= 0.3 is 5.69 Å². The summed E-state index contributed by atoms with van der Waals surface area (Å²) in [6.07, 6.45) is 2.57. The van der Waals surface area contributed by atoms with E-state index in [2.05, 4.69) is 25.4 Å². The van der Waals surface area contributed by atoms with Crippen molar-refractivity contribution in [2.75, 3.05) is 0 Å². The third-order valence-electron chi connectivity index (χ3n) is 4.87. The summed E-state index contributed by atoms with van der Waals surface area (Å²) in [7, 11) is 1.67. The second-order valence-corrected chi connectivity index (χ2v) is 6.97. The Kier molecular flexibility index (Phi) is 4.18. The molecule has 0 bridgehead atoms. The molecule has 0 saturated heterocycles. The van der Waals surface area contributed by atoms with Gasteiger partial charge in [-0.1, -0.05) is 19.9 Å². The first-order valence-corrected chi connectivity index (χ1v) is 8.58. The number of nitrogens with zero attached hydrogens (tertiary/aromatic N) is 5. The highest BCUT2D eigenvalue weighted by Crippen LogP contribution is 2.20. The normalized spacial score (nSPS) is 11.9. The highest BCUT2D eigenvalue weighted by atomic mass is 16.2. The molecule has 0 aromatic carbocycles. The molecule has 7 nitrogen and oxygen atoms in total. The van der Waals surface area contributed by atoms with E-state index in [0.29, 0.717) is 35.9 Å². The minimum absolute atomic E-state index is 0.273. The quantitative estimate of drug-likeness (QED) is 0.666. The van der Waals surface area contributed by atoms with Crippen LogP contribution in [0.5, 0.6) is 0 Å². The van der Waals surface area contributed by atoms with Gasteiger partial charge in [-0.05, 0) is 26.2 Å². The molecule has 0 N–H and O–H groups in total. The number of aryl methyl sites for hydroxylation is 2. The fourth-order valence-electron chi connectivity index (χ4n) is 3.25. The summed E-state index contributed by atoms with van der Waals surface area (Å²) in [5.41, 5.74) is 2.28. The van der Waals surface area contributed by atoms with Gasteiger partial charge in [0.05, 0.1) is 0 Å². The third kappa shape index (κ3) is 2.45. The first-order valence-electron chi connectivity index (χ1n) is 8.58. The molecule has 25 heavy (non-hydrogen) atoms. The molecule has 0 aliphatic rings. The molecule has 0 radical (unpaired) electrons. The van der Waals surface area contributed by atoms with Crippen molar-refractivity contribution >= 4 is 16.9 Å². The van der Waals surface area contributed by atoms with Crippen LogP contribution in [-0.4, -0.2) is 23.1 Å². The SMILES string of the molecule is C=CCn1c(C)c(C)n2c3c(=O)n(CCC(C)C)c(=O)n(C)c3nc12. The molecule has 0 aliphatic carbocycles. The molecule has 134 valence electrons. The van der Waals surface area contributed by atoms with Gasteiger partial charge in [-0.15, -0.1) is 6.58 Å². The van der Waals surface area contributed by atoms with Gasteiger partial charge in [-0.3, -0.25) is 18.3 Å². The molecule has 0 unspecified atom stereocenters. The maximum Gasteiger partial charge on any atom is 0.332 e. The predicted molar refractivity (Wildman–Crippen MR) is 99.3 cm³/mol. The number of fused-ring (bicyclic) bond motifs is 3. The van der Waals surface area contributed by atoms with Crippen LogP contribution in [0.25, 0.3) is 16.9 Å². The van der Waals surface area contributed by atoms with E-state index < -0.39 is 0 Å². The van der Waals surface area contributed by atoms with Crippen LogP contribution in [0.15, 0.2) is 22.2 Å². The molecule has 3 aromatic rings. The molecule has 0 amide bonds. The van der Waals surface area contributed by atoms with Crippen LogP contribution >= 0.6 is 0 Å². The van der Waals surface area contributed by atoms with Gasteiger partial charge in [0.2, 0.25) is 5.78 Å². The second kappa shape index (κ2) is 6.06. The van der Waals surface area contributed by atoms with Crippen molar-refractivity contribution in [2.24, 2.45) is 13.0 Å². The lowest BCUT2D eigenvalue weighted by atomic mass is 10.1. The molecule has 7 heteroatoms. The smallest absolute Gasteiger partial charge is 0.310 e. The summed E-state index contributed by atoms with van der Waals surface area (Å²) in [6.45, 7) is 12.9. The van der Waals surface area contributed by atoms with Crippen LogP contribution in [0.1, 0.15) is 31.7 Å². The fraction of sp³-hybridized carbons (Fsp3) is 0.500. The van der Waals surface area contributed by atoms with E-state index >= 15 is 0 Å². The zero-order valence-electron chi connectivity index (χ0n) is 15.5. The van der Waals surface area contributed by atoms with Crippen LogP contribution in [0, 0.1) is 19.8 Å². The van der Waals surface area contributed by atoms with Gasteiger partial charge in [0.15, 0.2) is 11.2 Å². The van der Waals surface area contributed by atoms with E-state index in [-0.39, 0.29) is 11.2 Å². The molecule has 0 spiro atoms. The summed E-state index contributed by atoms with van der Waals surface area (Å²) in [6, 6.07) is 0. The Bertz CT molecular complexity index is 1090. The highest BCUT2D eigenvalue weighted by Gasteiger charge is 2.22. The predicted octanol–water partition coefficient (Wildman–Crippen LogP) is 2.00.